The number of hydrogen-bond donors (Lipinski definition) is 1. The average Bonchev–Trinajstić information content (AvgIpc) is 3.02. The molecule has 1 N–H and O–H groups in total. The summed E-state index contributed by atoms with van der Waals surface area (Å²) in [4.78, 5) is 6.63. The highest BCUT2D eigenvalue weighted by atomic mass is 127. The van der Waals surface area contributed by atoms with E-state index in [2.05, 4.69) is 22.3 Å². The minimum absolute atomic E-state index is 0. The minimum Gasteiger partial charge on any atom is -0.381 e. The molecule has 112 valence electrons. The van der Waals surface area contributed by atoms with Crippen LogP contribution in [-0.4, -0.2) is 51.3 Å². The van der Waals surface area contributed by atoms with Gasteiger partial charge in [0, 0.05) is 39.7 Å². The van der Waals surface area contributed by atoms with Crippen molar-refractivity contribution in [2.45, 2.75) is 32.1 Å². The molecule has 0 radical (unpaired) electrons. The molecule has 1 saturated carbocycles. The molecule has 2 aliphatic rings. The summed E-state index contributed by atoms with van der Waals surface area (Å²) in [6.07, 6.45) is 6.75. The molecule has 2 fully saturated rings. The van der Waals surface area contributed by atoms with E-state index in [1.54, 1.807) is 0 Å². The van der Waals surface area contributed by atoms with Crippen LogP contribution in [0, 0.1) is 11.8 Å². The van der Waals surface area contributed by atoms with Crippen molar-refractivity contribution in [2.75, 3.05) is 40.4 Å². The van der Waals surface area contributed by atoms with Crippen molar-refractivity contribution in [3.05, 3.63) is 0 Å². The van der Waals surface area contributed by atoms with E-state index < -0.39 is 0 Å². The molecule has 0 aromatic rings. The Kier molecular flexibility index (Phi) is 8.06. The molecule has 0 bridgehead atoms. The molecule has 0 amide bonds. The van der Waals surface area contributed by atoms with E-state index in [0.717, 1.165) is 38.2 Å². The molecule has 1 atom stereocenters. The van der Waals surface area contributed by atoms with Crippen LogP contribution in [0.25, 0.3) is 0 Å². The fraction of sp³-hybridized carbons (Fsp3) is 0.929. The van der Waals surface area contributed by atoms with Crippen LogP contribution in [0.5, 0.6) is 0 Å². The molecular weight excluding hydrogens is 353 g/mol. The third kappa shape index (κ3) is 5.45. The standard InChI is InChI=1S/C14H27N3O.HI/c1-15-14(16-9-12-5-3-4-6-12)17(2)10-13-7-8-18-11-13;/h12-13H,3-11H2,1-2H3,(H,15,16);1H. The first-order valence-corrected chi connectivity index (χ1v) is 7.29. The average molecular weight is 381 g/mol. The van der Waals surface area contributed by atoms with Gasteiger partial charge in [-0.15, -0.1) is 24.0 Å². The predicted octanol–water partition coefficient (Wildman–Crippen LogP) is 2.34. The Morgan fingerprint density at radius 1 is 1.26 bits per heavy atom. The van der Waals surface area contributed by atoms with Gasteiger partial charge >= 0.3 is 0 Å². The van der Waals surface area contributed by atoms with E-state index in [4.69, 9.17) is 4.74 Å². The third-order valence-electron chi connectivity index (χ3n) is 4.15. The van der Waals surface area contributed by atoms with Crippen LogP contribution in [0.1, 0.15) is 32.1 Å². The van der Waals surface area contributed by atoms with E-state index in [-0.39, 0.29) is 24.0 Å². The summed E-state index contributed by atoms with van der Waals surface area (Å²) in [6, 6.07) is 0. The fourth-order valence-corrected chi connectivity index (χ4v) is 3.04. The van der Waals surface area contributed by atoms with Crippen molar-refractivity contribution < 1.29 is 4.74 Å². The number of rotatable bonds is 4. The number of aliphatic imine (C=N–C) groups is 1. The maximum Gasteiger partial charge on any atom is 0.193 e. The van der Waals surface area contributed by atoms with Crippen molar-refractivity contribution in [1.82, 2.24) is 10.2 Å². The van der Waals surface area contributed by atoms with Crippen molar-refractivity contribution >= 4 is 29.9 Å². The molecule has 19 heavy (non-hydrogen) atoms. The highest BCUT2D eigenvalue weighted by Crippen LogP contribution is 2.23. The topological polar surface area (TPSA) is 36.9 Å². The molecular formula is C14H28IN3O. The van der Waals surface area contributed by atoms with Gasteiger partial charge in [-0.3, -0.25) is 4.99 Å². The summed E-state index contributed by atoms with van der Waals surface area (Å²) < 4.78 is 5.43. The molecule has 1 aliphatic carbocycles. The van der Waals surface area contributed by atoms with E-state index in [1.165, 1.54) is 32.1 Å². The minimum atomic E-state index is 0. The van der Waals surface area contributed by atoms with E-state index in [9.17, 15) is 0 Å². The number of hydrogen-bond acceptors (Lipinski definition) is 2. The Bertz CT molecular complexity index is 274. The van der Waals surface area contributed by atoms with Crippen LogP contribution in [0.4, 0.5) is 0 Å². The van der Waals surface area contributed by atoms with Gasteiger partial charge in [-0.1, -0.05) is 12.8 Å². The zero-order valence-electron chi connectivity index (χ0n) is 12.2. The maximum atomic E-state index is 5.43. The predicted molar refractivity (Wildman–Crippen MR) is 90.3 cm³/mol. The highest BCUT2D eigenvalue weighted by Gasteiger charge is 2.20. The second-order valence-corrected chi connectivity index (χ2v) is 5.69. The van der Waals surface area contributed by atoms with Crippen molar-refractivity contribution in [3.63, 3.8) is 0 Å². The van der Waals surface area contributed by atoms with E-state index in [1.807, 2.05) is 7.05 Å². The van der Waals surface area contributed by atoms with E-state index >= 15 is 0 Å². The molecule has 4 nitrogen and oxygen atoms in total. The lowest BCUT2D eigenvalue weighted by molar-refractivity contribution is 0.181. The molecule has 1 unspecified atom stereocenters. The quantitative estimate of drug-likeness (QED) is 0.462. The smallest absolute Gasteiger partial charge is 0.193 e. The Hall–Kier alpha value is -0.0400. The first kappa shape index (κ1) is 17.0. The van der Waals surface area contributed by atoms with Crippen LogP contribution < -0.4 is 5.32 Å². The van der Waals surface area contributed by atoms with Crippen LogP contribution in [0.15, 0.2) is 4.99 Å². The Balaban J connectivity index is 0.00000180. The largest absolute Gasteiger partial charge is 0.381 e. The molecule has 2 rings (SSSR count). The van der Waals surface area contributed by atoms with Gasteiger partial charge in [0.25, 0.3) is 0 Å². The number of halogens is 1. The summed E-state index contributed by atoms with van der Waals surface area (Å²) >= 11 is 0. The summed E-state index contributed by atoms with van der Waals surface area (Å²) in [5, 5.41) is 3.52. The van der Waals surface area contributed by atoms with Crippen molar-refractivity contribution in [2.24, 2.45) is 16.8 Å². The van der Waals surface area contributed by atoms with Gasteiger partial charge in [0.1, 0.15) is 0 Å². The Morgan fingerprint density at radius 3 is 2.58 bits per heavy atom. The molecule has 0 aromatic carbocycles. The van der Waals surface area contributed by atoms with Gasteiger partial charge in [-0.2, -0.15) is 0 Å². The van der Waals surface area contributed by atoms with Crippen LogP contribution in [0.3, 0.4) is 0 Å². The fourth-order valence-electron chi connectivity index (χ4n) is 3.04. The van der Waals surface area contributed by atoms with Gasteiger partial charge in [0.05, 0.1) is 6.61 Å². The molecule has 1 heterocycles. The monoisotopic (exact) mass is 381 g/mol. The molecule has 0 aromatic heterocycles. The van der Waals surface area contributed by atoms with Crippen molar-refractivity contribution in [1.29, 1.82) is 0 Å². The van der Waals surface area contributed by atoms with Gasteiger partial charge in [0.2, 0.25) is 0 Å². The second kappa shape index (κ2) is 9.00. The Labute approximate surface area is 134 Å². The van der Waals surface area contributed by atoms with Gasteiger partial charge in [-0.05, 0) is 25.2 Å². The zero-order valence-corrected chi connectivity index (χ0v) is 14.6. The SMILES string of the molecule is CN=C(NCC1CCCC1)N(C)CC1CCOC1.I. The summed E-state index contributed by atoms with van der Waals surface area (Å²) in [5.41, 5.74) is 0. The van der Waals surface area contributed by atoms with Gasteiger partial charge < -0.3 is 15.0 Å². The summed E-state index contributed by atoms with van der Waals surface area (Å²) in [7, 11) is 4.00. The summed E-state index contributed by atoms with van der Waals surface area (Å²) in [5.74, 6) is 2.55. The van der Waals surface area contributed by atoms with Crippen LogP contribution >= 0.6 is 24.0 Å². The van der Waals surface area contributed by atoms with E-state index in [0.29, 0.717) is 5.92 Å². The number of ether oxygens (including phenoxy) is 1. The van der Waals surface area contributed by atoms with Crippen molar-refractivity contribution in [3.8, 4) is 0 Å². The highest BCUT2D eigenvalue weighted by molar-refractivity contribution is 14.0. The second-order valence-electron chi connectivity index (χ2n) is 5.69. The molecule has 1 saturated heterocycles. The lowest BCUT2D eigenvalue weighted by Gasteiger charge is -2.25. The number of nitrogens with zero attached hydrogens (tertiary/aromatic N) is 2. The molecule has 1 aliphatic heterocycles. The zero-order chi connectivity index (χ0) is 12.8. The lowest BCUT2D eigenvalue weighted by atomic mass is 10.1. The Morgan fingerprint density at radius 2 is 2.00 bits per heavy atom. The molecule has 0 spiro atoms. The summed E-state index contributed by atoms with van der Waals surface area (Å²) in [6.45, 7) is 3.96. The number of guanidine groups is 1. The molecule has 5 heteroatoms. The van der Waals surface area contributed by atoms with Crippen LogP contribution in [-0.2, 0) is 4.74 Å². The normalized spacial score (nSPS) is 24.3. The number of nitrogens with one attached hydrogen (secondary N) is 1. The lowest BCUT2D eigenvalue weighted by Crippen LogP contribution is -2.42. The van der Waals surface area contributed by atoms with Gasteiger partial charge in [-0.25, -0.2) is 0 Å². The first-order valence-electron chi connectivity index (χ1n) is 7.29. The van der Waals surface area contributed by atoms with Crippen LogP contribution in [0.2, 0.25) is 0 Å². The maximum absolute atomic E-state index is 5.43. The first-order chi connectivity index (χ1) is 8.79. The third-order valence-corrected chi connectivity index (χ3v) is 4.15. The van der Waals surface area contributed by atoms with Gasteiger partial charge in [0.15, 0.2) is 5.96 Å².